The average Bonchev–Trinajstić information content (AvgIpc) is 3.15. The van der Waals surface area contributed by atoms with E-state index >= 15 is 0 Å². The fraction of sp³-hybridized carbons (Fsp3) is 0.745. The van der Waals surface area contributed by atoms with Crippen molar-refractivity contribution in [2.75, 3.05) is 6.61 Å². The molecule has 6 nitrogen and oxygen atoms in total. The predicted octanol–water partition coefficient (Wildman–Crippen LogP) is 12.5. The largest absolute Gasteiger partial charge is 0.462 e. The number of nitrogens with one attached hydrogen (secondary N) is 1. The van der Waals surface area contributed by atoms with Crippen LogP contribution in [0.15, 0.2) is 60.8 Å². The first-order chi connectivity index (χ1) is 26.0. The van der Waals surface area contributed by atoms with Crippen LogP contribution in [0, 0.1) is 0 Å². The van der Waals surface area contributed by atoms with Crippen LogP contribution in [0.2, 0.25) is 0 Å². The van der Waals surface area contributed by atoms with Gasteiger partial charge in [0.05, 0.1) is 25.2 Å². The minimum atomic E-state index is -0.804. The molecule has 0 heterocycles. The molecule has 0 aromatic heterocycles. The quantitative estimate of drug-likeness (QED) is 0.0333. The van der Waals surface area contributed by atoms with Crippen LogP contribution in [-0.4, -0.2) is 46.9 Å². The van der Waals surface area contributed by atoms with Crippen molar-refractivity contribution < 1.29 is 24.5 Å². The Morgan fingerprint density at radius 1 is 0.566 bits per heavy atom. The highest BCUT2D eigenvalue weighted by Crippen LogP contribution is 2.16. The number of carbonyl (C=O) groups is 2. The lowest BCUT2D eigenvalue weighted by molar-refractivity contribution is -0.151. The third kappa shape index (κ3) is 36.3. The molecule has 3 atom stereocenters. The van der Waals surface area contributed by atoms with E-state index in [1.807, 2.05) is 48.6 Å². The number of aliphatic hydroxyl groups excluding tert-OH is 2. The van der Waals surface area contributed by atoms with Crippen molar-refractivity contribution in [3.8, 4) is 0 Å². The van der Waals surface area contributed by atoms with E-state index < -0.39 is 18.2 Å². The van der Waals surface area contributed by atoms with Crippen LogP contribution in [0.5, 0.6) is 0 Å². The maximum atomic E-state index is 13.1. The van der Waals surface area contributed by atoms with Crippen molar-refractivity contribution >= 4 is 11.9 Å². The van der Waals surface area contributed by atoms with E-state index in [1.165, 1.54) is 96.3 Å². The van der Waals surface area contributed by atoms with Crippen LogP contribution in [-0.2, 0) is 14.3 Å². The Labute approximate surface area is 327 Å². The summed E-state index contributed by atoms with van der Waals surface area (Å²) in [6, 6.07) is -0.722. The van der Waals surface area contributed by atoms with E-state index in [0.717, 1.165) is 57.8 Å². The second-order valence-electron chi connectivity index (χ2n) is 14.8. The highest BCUT2D eigenvalue weighted by atomic mass is 16.5. The Bertz CT molecular complexity index is 968. The molecule has 0 saturated carbocycles. The molecule has 0 rings (SSSR count). The molecule has 0 aliphatic rings. The molecule has 0 aromatic rings. The summed E-state index contributed by atoms with van der Waals surface area (Å²) in [6.45, 7) is 6.27. The van der Waals surface area contributed by atoms with Crippen molar-refractivity contribution in [2.24, 2.45) is 0 Å². The summed E-state index contributed by atoms with van der Waals surface area (Å²) in [5.74, 6) is -0.552. The van der Waals surface area contributed by atoms with Crippen molar-refractivity contribution in [1.29, 1.82) is 0 Å². The number of aliphatic hydroxyl groups is 2. The van der Waals surface area contributed by atoms with Gasteiger partial charge >= 0.3 is 5.97 Å². The van der Waals surface area contributed by atoms with E-state index in [1.54, 1.807) is 0 Å². The molecule has 306 valence electrons. The molecule has 0 saturated heterocycles. The van der Waals surface area contributed by atoms with E-state index in [-0.39, 0.29) is 24.9 Å². The van der Waals surface area contributed by atoms with Crippen molar-refractivity contribution in [3.05, 3.63) is 60.8 Å². The summed E-state index contributed by atoms with van der Waals surface area (Å²) in [5, 5.41) is 23.6. The summed E-state index contributed by atoms with van der Waals surface area (Å²) in [6.07, 6.45) is 48.6. The number of carbonyl (C=O) groups excluding carboxylic acids is 2. The van der Waals surface area contributed by atoms with Crippen molar-refractivity contribution in [1.82, 2.24) is 5.32 Å². The highest BCUT2D eigenvalue weighted by molar-refractivity contribution is 5.77. The number of hydrogen-bond donors (Lipinski definition) is 3. The van der Waals surface area contributed by atoms with Gasteiger partial charge in [-0.3, -0.25) is 9.59 Å². The van der Waals surface area contributed by atoms with Crippen LogP contribution >= 0.6 is 0 Å². The second kappa shape index (κ2) is 40.7. The first kappa shape index (κ1) is 50.6. The van der Waals surface area contributed by atoms with Crippen LogP contribution in [0.1, 0.15) is 201 Å². The summed E-state index contributed by atoms with van der Waals surface area (Å²) >= 11 is 0. The fourth-order valence-corrected chi connectivity index (χ4v) is 6.40. The molecule has 1 amide bonds. The van der Waals surface area contributed by atoms with Gasteiger partial charge in [0.2, 0.25) is 5.91 Å². The van der Waals surface area contributed by atoms with Gasteiger partial charge in [-0.15, -0.1) is 0 Å². The molecule has 3 unspecified atom stereocenters. The first-order valence-corrected chi connectivity index (χ1v) is 22.1. The zero-order valence-electron chi connectivity index (χ0n) is 34.6. The molecule has 0 aromatic carbocycles. The van der Waals surface area contributed by atoms with Gasteiger partial charge in [-0.05, 0) is 38.5 Å². The molecule has 0 fully saturated rings. The minimum absolute atomic E-state index is 0.0285. The molecule has 6 heteroatoms. The third-order valence-electron chi connectivity index (χ3n) is 9.74. The van der Waals surface area contributed by atoms with Gasteiger partial charge in [-0.25, -0.2) is 0 Å². The maximum absolute atomic E-state index is 13.1. The van der Waals surface area contributed by atoms with Gasteiger partial charge in [0.25, 0.3) is 0 Å². The lowest BCUT2D eigenvalue weighted by Crippen LogP contribution is -2.46. The summed E-state index contributed by atoms with van der Waals surface area (Å²) in [7, 11) is 0. The Hall–Kier alpha value is -2.44. The fourth-order valence-electron chi connectivity index (χ4n) is 6.40. The summed E-state index contributed by atoms with van der Waals surface area (Å²) in [5.41, 5.74) is 0. The molecule has 0 bridgehead atoms. The van der Waals surface area contributed by atoms with Crippen molar-refractivity contribution in [3.63, 3.8) is 0 Å². The number of allylic oxidation sites excluding steroid dienone is 10. The van der Waals surface area contributed by atoms with Gasteiger partial charge in [-0.1, -0.05) is 210 Å². The number of amides is 1. The zero-order chi connectivity index (χ0) is 38.9. The lowest BCUT2D eigenvalue weighted by atomic mass is 10.0. The van der Waals surface area contributed by atoms with Gasteiger partial charge < -0.3 is 20.3 Å². The van der Waals surface area contributed by atoms with Gasteiger partial charge in [0.15, 0.2) is 0 Å². The Morgan fingerprint density at radius 3 is 1.51 bits per heavy atom. The minimum Gasteiger partial charge on any atom is -0.462 e. The lowest BCUT2D eigenvalue weighted by Gasteiger charge is -2.24. The Balaban J connectivity index is 4.72. The number of esters is 1. The second-order valence-corrected chi connectivity index (χ2v) is 14.8. The Kier molecular flexibility index (Phi) is 38.9. The Morgan fingerprint density at radius 2 is 1.02 bits per heavy atom. The molecule has 0 aliphatic carbocycles. The maximum Gasteiger partial charge on any atom is 0.306 e. The average molecular weight is 742 g/mol. The number of rotatable bonds is 38. The summed E-state index contributed by atoms with van der Waals surface area (Å²) in [4.78, 5) is 25.9. The van der Waals surface area contributed by atoms with E-state index in [9.17, 15) is 19.8 Å². The zero-order valence-corrected chi connectivity index (χ0v) is 34.6. The molecule has 0 radical (unpaired) electrons. The topological polar surface area (TPSA) is 95.9 Å². The van der Waals surface area contributed by atoms with Crippen LogP contribution < -0.4 is 5.32 Å². The van der Waals surface area contributed by atoms with Gasteiger partial charge in [0, 0.05) is 6.42 Å². The van der Waals surface area contributed by atoms with Gasteiger partial charge in [-0.2, -0.15) is 0 Å². The molecule has 0 aliphatic heterocycles. The van der Waals surface area contributed by atoms with E-state index in [0.29, 0.717) is 19.3 Å². The standard InChI is InChI=1S/C47H83NO5/c1-4-7-10-13-16-19-21-23-24-27-29-32-35-38-43(53-47(52)40-37-34-31-26-18-15-12-9-6-3)41-46(51)48-44(42-49)45(50)39-36-33-30-28-25-22-20-17-14-11-8-5-2/h7,10,13,16,19,21,23-24,27,29,43-45,49-50H,4-6,8-9,11-12,14-15,17-18,20,22,25-26,28,30-42H2,1-3H3,(H,48,51)/b10-7+,16-13+,21-19-,24-23-,29-27+. The highest BCUT2D eigenvalue weighted by Gasteiger charge is 2.24. The molecule has 0 spiro atoms. The number of unbranched alkanes of at least 4 members (excludes halogenated alkanes) is 20. The van der Waals surface area contributed by atoms with E-state index in [4.69, 9.17) is 4.74 Å². The first-order valence-electron chi connectivity index (χ1n) is 22.1. The SMILES string of the molecule is CC/C=C/C=C/C=C\C=C/C=C/CCCC(CC(=O)NC(CO)C(O)CCCCCCCCCCCCCC)OC(=O)CCCCCCCCCCC. The summed E-state index contributed by atoms with van der Waals surface area (Å²) < 4.78 is 5.84. The smallest absolute Gasteiger partial charge is 0.306 e. The van der Waals surface area contributed by atoms with Crippen LogP contribution in [0.3, 0.4) is 0 Å². The molecule has 53 heavy (non-hydrogen) atoms. The van der Waals surface area contributed by atoms with Crippen molar-refractivity contribution in [2.45, 2.75) is 219 Å². The number of hydrogen-bond acceptors (Lipinski definition) is 5. The molecule has 3 N–H and O–H groups in total. The van der Waals surface area contributed by atoms with E-state index in [2.05, 4.69) is 38.2 Å². The third-order valence-corrected chi connectivity index (χ3v) is 9.74. The van der Waals surface area contributed by atoms with Crippen LogP contribution in [0.25, 0.3) is 0 Å². The normalized spacial score (nSPS) is 14.0. The molecular formula is C47H83NO5. The predicted molar refractivity (Wildman–Crippen MR) is 227 cm³/mol. The monoisotopic (exact) mass is 742 g/mol. The van der Waals surface area contributed by atoms with Gasteiger partial charge in [0.1, 0.15) is 6.10 Å². The van der Waals surface area contributed by atoms with Crippen LogP contribution in [0.4, 0.5) is 0 Å². The molecular weight excluding hydrogens is 659 g/mol. The number of ether oxygens (including phenoxy) is 1.